The van der Waals surface area contributed by atoms with Crippen LogP contribution in [-0.4, -0.2) is 55.5 Å². The van der Waals surface area contributed by atoms with Gasteiger partial charge in [-0.2, -0.15) is 0 Å². The first-order valence-electron chi connectivity index (χ1n) is 12.0. The number of nitrogens with zero attached hydrogens (tertiary/aromatic N) is 1. The molecule has 1 aliphatic rings. The zero-order valence-corrected chi connectivity index (χ0v) is 20.0. The van der Waals surface area contributed by atoms with Crippen molar-refractivity contribution in [1.82, 2.24) is 4.90 Å². The van der Waals surface area contributed by atoms with E-state index in [2.05, 4.69) is 16.0 Å². The molecule has 0 unspecified atom stereocenters. The van der Waals surface area contributed by atoms with Gasteiger partial charge in [0, 0.05) is 42.1 Å². The summed E-state index contributed by atoms with van der Waals surface area (Å²) in [4.78, 5) is 39.0. The van der Waals surface area contributed by atoms with Gasteiger partial charge >= 0.3 is 0 Å². The van der Waals surface area contributed by atoms with Crippen molar-refractivity contribution in [2.75, 3.05) is 48.8 Å². The van der Waals surface area contributed by atoms with Crippen LogP contribution in [0.4, 0.5) is 17.1 Å². The Morgan fingerprint density at radius 1 is 0.750 bits per heavy atom. The Labute approximate surface area is 210 Å². The van der Waals surface area contributed by atoms with E-state index in [1.165, 1.54) is 0 Å². The minimum absolute atomic E-state index is 0.0371. The van der Waals surface area contributed by atoms with E-state index >= 15 is 0 Å². The second kappa shape index (κ2) is 12.5. The van der Waals surface area contributed by atoms with Gasteiger partial charge in [0.15, 0.2) is 0 Å². The van der Waals surface area contributed by atoms with Crippen molar-refractivity contribution >= 4 is 34.8 Å². The molecule has 1 fully saturated rings. The van der Waals surface area contributed by atoms with Crippen molar-refractivity contribution < 1.29 is 19.1 Å². The Hall–Kier alpha value is -4.17. The molecule has 0 aromatic heterocycles. The molecule has 3 aromatic rings. The molecular weight excluding hydrogens is 456 g/mol. The number of hydrogen-bond acceptors (Lipinski definition) is 5. The lowest BCUT2D eigenvalue weighted by Gasteiger charge is -2.26. The molecule has 8 heteroatoms. The topological polar surface area (TPSA) is 99.8 Å². The number of carbonyl (C=O) groups excluding carboxylic acids is 3. The van der Waals surface area contributed by atoms with Gasteiger partial charge in [-0.15, -0.1) is 0 Å². The summed E-state index contributed by atoms with van der Waals surface area (Å²) >= 11 is 0. The minimum atomic E-state index is -0.223. The van der Waals surface area contributed by atoms with E-state index in [9.17, 15) is 14.4 Å². The summed E-state index contributed by atoms with van der Waals surface area (Å²) in [5.74, 6) is -0.325. The van der Waals surface area contributed by atoms with Gasteiger partial charge in [-0.1, -0.05) is 36.4 Å². The fraction of sp³-hybridized carbons (Fsp3) is 0.250. The molecule has 1 saturated heterocycles. The molecule has 1 aliphatic heterocycles. The Balaban J connectivity index is 1.22. The van der Waals surface area contributed by atoms with Gasteiger partial charge in [-0.3, -0.25) is 14.4 Å². The quantitative estimate of drug-likeness (QED) is 0.428. The van der Waals surface area contributed by atoms with E-state index in [-0.39, 0.29) is 24.3 Å². The number of aryl methyl sites for hydroxylation is 1. The number of benzene rings is 3. The number of carbonyl (C=O) groups is 3. The summed E-state index contributed by atoms with van der Waals surface area (Å²) in [7, 11) is 0. The first kappa shape index (κ1) is 24.9. The standard InChI is InChI=1S/C28H30N4O4/c33-26(14-9-21-5-2-1-3-6-21)31-25-8-4-7-24(19-25)29-20-27(34)30-23-12-10-22(11-13-23)28(35)32-15-17-36-18-16-32/h1-8,10-13,19,29H,9,14-18,20H2,(H,30,34)(H,31,33). The van der Waals surface area contributed by atoms with Crippen LogP contribution < -0.4 is 16.0 Å². The molecular formula is C28H30N4O4. The monoisotopic (exact) mass is 486 g/mol. The number of rotatable bonds is 9. The lowest BCUT2D eigenvalue weighted by molar-refractivity contribution is -0.116. The molecule has 0 aliphatic carbocycles. The van der Waals surface area contributed by atoms with Crippen LogP contribution in [0, 0.1) is 0 Å². The summed E-state index contributed by atoms with van der Waals surface area (Å²) < 4.78 is 5.29. The van der Waals surface area contributed by atoms with Gasteiger partial charge < -0.3 is 25.6 Å². The highest BCUT2D eigenvalue weighted by Gasteiger charge is 2.18. The molecule has 4 rings (SSSR count). The third-order valence-electron chi connectivity index (χ3n) is 5.80. The van der Waals surface area contributed by atoms with Crippen LogP contribution in [0.5, 0.6) is 0 Å². The van der Waals surface area contributed by atoms with Crippen molar-refractivity contribution in [1.29, 1.82) is 0 Å². The van der Waals surface area contributed by atoms with Crippen molar-refractivity contribution in [3.8, 4) is 0 Å². The Kier molecular flexibility index (Phi) is 8.67. The van der Waals surface area contributed by atoms with E-state index in [1.807, 2.05) is 48.5 Å². The molecule has 0 radical (unpaired) electrons. The van der Waals surface area contributed by atoms with Gasteiger partial charge in [-0.25, -0.2) is 0 Å². The maximum Gasteiger partial charge on any atom is 0.254 e. The second-order valence-corrected chi connectivity index (χ2v) is 8.50. The average Bonchev–Trinajstić information content (AvgIpc) is 2.92. The molecule has 0 bridgehead atoms. The van der Waals surface area contributed by atoms with Crippen LogP contribution in [0.3, 0.4) is 0 Å². The number of ether oxygens (including phenoxy) is 1. The van der Waals surface area contributed by atoms with Crippen LogP contribution in [0.1, 0.15) is 22.3 Å². The van der Waals surface area contributed by atoms with Crippen molar-refractivity contribution in [3.05, 3.63) is 90.0 Å². The molecule has 3 N–H and O–H groups in total. The zero-order chi connectivity index (χ0) is 25.2. The summed E-state index contributed by atoms with van der Waals surface area (Å²) in [6.07, 6.45) is 1.06. The number of anilines is 3. The van der Waals surface area contributed by atoms with Crippen LogP contribution in [0.2, 0.25) is 0 Å². The predicted molar refractivity (Wildman–Crippen MR) is 140 cm³/mol. The fourth-order valence-corrected chi connectivity index (χ4v) is 3.87. The third-order valence-corrected chi connectivity index (χ3v) is 5.80. The Bertz CT molecular complexity index is 1180. The predicted octanol–water partition coefficient (Wildman–Crippen LogP) is 3.78. The van der Waals surface area contributed by atoms with Crippen molar-refractivity contribution in [3.63, 3.8) is 0 Å². The van der Waals surface area contributed by atoms with E-state index in [0.29, 0.717) is 56.1 Å². The summed E-state index contributed by atoms with van der Waals surface area (Å²) in [5.41, 5.74) is 3.69. The highest BCUT2D eigenvalue weighted by Crippen LogP contribution is 2.16. The Morgan fingerprint density at radius 2 is 1.44 bits per heavy atom. The minimum Gasteiger partial charge on any atom is -0.378 e. The first-order chi connectivity index (χ1) is 17.6. The number of morpholine rings is 1. The van der Waals surface area contributed by atoms with E-state index < -0.39 is 0 Å². The second-order valence-electron chi connectivity index (χ2n) is 8.50. The third kappa shape index (κ3) is 7.41. The highest BCUT2D eigenvalue weighted by atomic mass is 16.5. The number of nitrogens with one attached hydrogen (secondary N) is 3. The van der Waals surface area contributed by atoms with Gasteiger partial charge in [0.25, 0.3) is 5.91 Å². The fourth-order valence-electron chi connectivity index (χ4n) is 3.87. The molecule has 36 heavy (non-hydrogen) atoms. The lowest BCUT2D eigenvalue weighted by Crippen LogP contribution is -2.40. The van der Waals surface area contributed by atoms with E-state index in [4.69, 9.17) is 4.74 Å². The van der Waals surface area contributed by atoms with Crippen LogP contribution in [-0.2, 0) is 20.7 Å². The highest BCUT2D eigenvalue weighted by molar-refractivity contribution is 5.97. The summed E-state index contributed by atoms with van der Waals surface area (Å²) in [5, 5.41) is 8.79. The van der Waals surface area contributed by atoms with Gasteiger partial charge in [0.1, 0.15) is 0 Å². The molecule has 8 nitrogen and oxygen atoms in total. The van der Waals surface area contributed by atoms with Gasteiger partial charge in [0.05, 0.1) is 19.8 Å². The number of amides is 3. The maximum absolute atomic E-state index is 12.5. The molecule has 0 atom stereocenters. The van der Waals surface area contributed by atoms with Crippen LogP contribution >= 0.6 is 0 Å². The molecule has 186 valence electrons. The molecule has 0 saturated carbocycles. The number of hydrogen-bond donors (Lipinski definition) is 3. The van der Waals surface area contributed by atoms with Gasteiger partial charge in [-0.05, 0) is 54.4 Å². The summed E-state index contributed by atoms with van der Waals surface area (Å²) in [6.45, 7) is 2.33. The molecule has 3 amide bonds. The SMILES string of the molecule is O=C(CCc1ccccc1)Nc1cccc(NCC(=O)Nc2ccc(C(=O)N3CCOCC3)cc2)c1. The van der Waals surface area contributed by atoms with E-state index in [0.717, 1.165) is 11.3 Å². The van der Waals surface area contributed by atoms with Gasteiger partial charge in [0.2, 0.25) is 11.8 Å². The first-order valence-corrected chi connectivity index (χ1v) is 12.0. The van der Waals surface area contributed by atoms with Crippen molar-refractivity contribution in [2.24, 2.45) is 0 Å². The van der Waals surface area contributed by atoms with Crippen LogP contribution in [0.25, 0.3) is 0 Å². The average molecular weight is 487 g/mol. The summed E-state index contributed by atoms with van der Waals surface area (Å²) in [6, 6.07) is 24.0. The van der Waals surface area contributed by atoms with Crippen LogP contribution in [0.15, 0.2) is 78.9 Å². The largest absolute Gasteiger partial charge is 0.378 e. The van der Waals surface area contributed by atoms with Crippen molar-refractivity contribution in [2.45, 2.75) is 12.8 Å². The lowest BCUT2D eigenvalue weighted by atomic mass is 10.1. The molecule has 0 spiro atoms. The molecule has 3 aromatic carbocycles. The zero-order valence-electron chi connectivity index (χ0n) is 20.0. The normalized spacial score (nSPS) is 13.1. The maximum atomic E-state index is 12.5. The molecule has 1 heterocycles. The Morgan fingerprint density at radius 3 is 2.19 bits per heavy atom. The van der Waals surface area contributed by atoms with E-state index in [1.54, 1.807) is 35.2 Å². The smallest absolute Gasteiger partial charge is 0.254 e.